The average molecular weight is 300 g/mol. The van der Waals surface area contributed by atoms with Crippen molar-refractivity contribution in [2.24, 2.45) is 5.73 Å². The maximum Gasteiger partial charge on any atom is 0.241 e. The number of carbonyl (C=O) groups is 1. The topological polar surface area (TPSA) is 109 Å². The molecule has 8 heteroatoms. The number of aliphatic hydroxyl groups is 1. The van der Waals surface area contributed by atoms with Crippen molar-refractivity contribution in [3.63, 3.8) is 0 Å². The van der Waals surface area contributed by atoms with Gasteiger partial charge in [0.05, 0.1) is 16.5 Å². The molecule has 0 aliphatic carbocycles. The van der Waals surface area contributed by atoms with E-state index in [0.717, 1.165) is 12.1 Å². The molecule has 0 saturated heterocycles. The summed E-state index contributed by atoms with van der Waals surface area (Å²) in [6.07, 6.45) is 0. The number of primary amides is 1. The maximum atomic E-state index is 13.6. The number of halogens is 1. The molecule has 0 spiro atoms. The van der Waals surface area contributed by atoms with Crippen LogP contribution in [-0.4, -0.2) is 32.1 Å². The number of aliphatic hydroxyl groups excluding tert-OH is 1. The van der Waals surface area contributed by atoms with Gasteiger partial charge in [-0.1, -0.05) is 11.8 Å². The second-order valence-electron chi connectivity index (χ2n) is 3.85. The van der Waals surface area contributed by atoms with Crippen molar-refractivity contribution in [2.75, 3.05) is 6.61 Å². The zero-order chi connectivity index (χ0) is 15.3. The lowest BCUT2D eigenvalue weighted by Gasteiger charge is -2.11. The molecular weight excluding hydrogens is 287 g/mol. The van der Waals surface area contributed by atoms with Crippen LogP contribution in [0.1, 0.15) is 12.5 Å². The lowest BCUT2D eigenvalue weighted by atomic mass is 10.2. The summed E-state index contributed by atoms with van der Waals surface area (Å²) in [6.45, 7) is 0.842. The molecule has 0 bridgehead atoms. The van der Waals surface area contributed by atoms with Gasteiger partial charge in [-0.3, -0.25) is 4.79 Å². The Kier molecular flexibility index (Phi) is 5.21. The molecule has 1 aromatic carbocycles. The van der Waals surface area contributed by atoms with E-state index in [-0.39, 0.29) is 10.5 Å². The van der Waals surface area contributed by atoms with Crippen molar-refractivity contribution >= 4 is 15.9 Å². The van der Waals surface area contributed by atoms with Gasteiger partial charge in [0.2, 0.25) is 15.9 Å². The Hall–Kier alpha value is -1.95. The molecule has 0 radical (unpaired) electrons. The summed E-state index contributed by atoms with van der Waals surface area (Å²) in [5.74, 6) is 2.89. The summed E-state index contributed by atoms with van der Waals surface area (Å²) in [6, 6.07) is 1.97. The standard InChI is InChI=1S/C12H13FN2O4S/c1-8(12(14)17)15-20(18,19)10-5-4-9(3-2-6-16)11(13)7-10/h4-5,7-8,15-16H,6H2,1H3,(H2,14,17). The van der Waals surface area contributed by atoms with Crippen LogP contribution in [0.25, 0.3) is 0 Å². The lowest BCUT2D eigenvalue weighted by Crippen LogP contribution is -2.42. The smallest absolute Gasteiger partial charge is 0.241 e. The third-order valence-corrected chi connectivity index (χ3v) is 3.85. The van der Waals surface area contributed by atoms with E-state index < -0.39 is 34.4 Å². The van der Waals surface area contributed by atoms with E-state index in [0.29, 0.717) is 0 Å². The van der Waals surface area contributed by atoms with Crippen LogP contribution in [0.3, 0.4) is 0 Å². The van der Waals surface area contributed by atoms with E-state index in [9.17, 15) is 17.6 Å². The summed E-state index contributed by atoms with van der Waals surface area (Å²) in [4.78, 5) is 10.5. The zero-order valence-corrected chi connectivity index (χ0v) is 11.4. The summed E-state index contributed by atoms with van der Waals surface area (Å²) in [5.41, 5.74) is 4.91. The van der Waals surface area contributed by atoms with Crippen LogP contribution >= 0.6 is 0 Å². The molecular formula is C12H13FN2O4S. The van der Waals surface area contributed by atoms with Gasteiger partial charge in [0.1, 0.15) is 12.4 Å². The second-order valence-corrected chi connectivity index (χ2v) is 5.56. The van der Waals surface area contributed by atoms with E-state index in [4.69, 9.17) is 10.8 Å². The summed E-state index contributed by atoms with van der Waals surface area (Å²) in [7, 11) is -4.05. The zero-order valence-electron chi connectivity index (χ0n) is 10.6. The van der Waals surface area contributed by atoms with Gasteiger partial charge in [-0.15, -0.1) is 0 Å². The molecule has 108 valence electrons. The molecule has 0 fully saturated rings. The third-order valence-electron chi connectivity index (χ3n) is 2.31. The highest BCUT2D eigenvalue weighted by atomic mass is 32.2. The van der Waals surface area contributed by atoms with Gasteiger partial charge in [-0.05, 0) is 25.1 Å². The van der Waals surface area contributed by atoms with Gasteiger partial charge in [-0.25, -0.2) is 12.8 Å². The third kappa shape index (κ3) is 4.03. The highest BCUT2D eigenvalue weighted by Gasteiger charge is 2.21. The summed E-state index contributed by atoms with van der Waals surface area (Å²) >= 11 is 0. The van der Waals surface area contributed by atoms with Crippen LogP contribution in [0, 0.1) is 17.7 Å². The number of carbonyl (C=O) groups excluding carboxylic acids is 1. The van der Waals surface area contributed by atoms with E-state index in [1.807, 2.05) is 4.72 Å². The second kappa shape index (κ2) is 6.47. The van der Waals surface area contributed by atoms with Crippen molar-refractivity contribution in [1.29, 1.82) is 0 Å². The van der Waals surface area contributed by atoms with E-state index >= 15 is 0 Å². The van der Waals surface area contributed by atoms with Crippen molar-refractivity contribution in [2.45, 2.75) is 17.9 Å². The molecule has 4 N–H and O–H groups in total. The molecule has 0 saturated carbocycles. The minimum atomic E-state index is -4.05. The van der Waals surface area contributed by atoms with Crippen molar-refractivity contribution in [3.8, 4) is 11.8 Å². The van der Waals surface area contributed by atoms with Crippen LogP contribution in [0.5, 0.6) is 0 Å². The number of benzene rings is 1. The van der Waals surface area contributed by atoms with Gasteiger partial charge in [0.25, 0.3) is 0 Å². The molecule has 1 unspecified atom stereocenters. The number of nitrogens with one attached hydrogen (secondary N) is 1. The number of amides is 1. The maximum absolute atomic E-state index is 13.6. The quantitative estimate of drug-likeness (QED) is 0.640. The average Bonchev–Trinajstić information content (AvgIpc) is 2.36. The summed E-state index contributed by atoms with van der Waals surface area (Å²) in [5, 5.41) is 8.51. The minimum Gasteiger partial charge on any atom is -0.384 e. The molecule has 1 amide bonds. The normalized spacial score (nSPS) is 12.3. The Morgan fingerprint density at radius 3 is 2.70 bits per heavy atom. The van der Waals surface area contributed by atoms with Crippen molar-refractivity contribution in [3.05, 3.63) is 29.6 Å². The first-order valence-corrected chi connectivity index (χ1v) is 6.97. The molecule has 1 atom stereocenters. The van der Waals surface area contributed by atoms with E-state index in [2.05, 4.69) is 11.8 Å². The molecule has 6 nitrogen and oxygen atoms in total. The van der Waals surface area contributed by atoms with Crippen LogP contribution in [0.4, 0.5) is 4.39 Å². The first-order chi connectivity index (χ1) is 9.27. The fourth-order valence-corrected chi connectivity index (χ4v) is 2.48. The first kappa shape index (κ1) is 16.1. The van der Waals surface area contributed by atoms with Gasteiger partial charge >= 0.3 is 0 Å². The van der Waals surface area contributed by atoms with Gasteiger partial charge in [-0.2, -0.15) is 4.72 Å². The molecule has 1 rings (SSSR count). The van der Waals surface area contributed by atoms with E-state index in [1.165, 1.54) is 13.0 Å². The predicted molar refractivity (Wildman–Crippen MR) is 69.3 cm³/mol. The molecule has 1 aromatic rings. The fraction of sp³-hybridized carbons (Fsp3) is 0.250. The molecule has 20 heavy (non-hydrogen) atoms. The van der Waals surface area contributed by atoms with Gasteiger partial charge < -0.3 is 10.8 Å². The number of hydrogen-bond donors (Lipinski definition) is 3. The molecule has 0 aromatic heterocycles. The van der Waals surface area contributed by atoms with Crippen LogP contribution in [-0.2, 0) is 14.8 Å². The highest BCUT2D eigenvalue weighted by Crippen LogP contribution is 2.14. The van der Waals surface area contributed by atoms with Gasteiger partial charge in [0.15, 0.2) is 0 Å². The monoisotopic (exact) mass is 300 g/mol. The van der Waals surface area contributed by atoms with Crippen LogP contribution in [0.2, 0.25) is 0 Å². The highest BCUT2D eigenvalue weighted by molar-refractivity contribution is 7.89. The Labute approximate surface area is 115 Å². The van der Waals surface area contributed by atoms with Crippen LogP contribution < -0.4 is 10.5 Å². The Balaban J connectivity index is 3.09. The van der Waals surface area contributed by atoms with E-state index in [1.54, 1.807) is 0 Å². The molecule has 0 aliphatic heterocycles. The molecule has 0 aliphatic rings. The number of rotatable bonds is 4. The number of sulfonamides is 1. The Morgan fingerprint density at radius 2 is 2.20 bits per heavy atom. The first-order valence-electron chi connectivity index (χ1n) is 5.49. The molecule has 0 heterocycles. The largest absolute Gasteiger partial charge is 0.384 e. The summed E-state index contributed by atoms with van der Waals surface area (Å²) < 4.78 is 39.4. The number of hydrogen-bond acceptors (Lipinski definition) is 4. The fourth-order valence-electron chi connectivity index (χ4n) is 1.26. The van der Waals surface area contributed by atoms with Crippen LogP contribution in [0.15, 0.2) is 23.1 Å². The Bertz CT molecular complexity index is 676. The number of nitrogens with two attached hydrogens (primary N) is 1. The van der Waals surface area contributed by atoms with Gasteiger partial charge in [0, 0.05) is 0 Å². The lowest BCUT2D eigenvalue weighted by molar-refractivity contribution is -0.119. The SMILES string of the molecule is CC(NS(=O)(=O)c1ccc(C#CCO)c(F)c1)C(N)=O. The predicted octanol–water partition coefficient (Wildman–Crippen LogP) is -0.678. The minimum absolute atomic E-state index is 0.0408. The van der Waals surface area contributed by atoms with Crippen molar-refractivity contribution < 1.29 is 22.7 Å². The van der Waals surface area contributed by atoms with Crippen molar-refractivity contribution in [1.82, 2.24) is 4.72 Å². The Morgan fingerprint density at radius 1 is 1.55 bits per heavy atom.